The first kappa shape index (κ1) is 13.1. The number of aromatic nitrogens is 1. The van der Waals surface area contributed by atoms with Gasteiger partial charge in [0.05, 0.1) is 16.3 Å². The molecule has 0 saturated heterocycles. The van der Waals surface area contributed by atoms with Crippen LogP contribution in [0.4, 0.5) is 0 Å². The minimum Gasteiger partial charge on any atom is -0.444 e. The smallest absolute Gasteiger partial charge is 0.227 e. The van der Waals surface area contributed by atoms with Crippen LogP contribution in [0.3, 0.4) is 0 Å². The van der Waals surface area contributed by atoms with Gasteiger partial charge < -0.3 is 9.73 Å². The Hall–Kier alpha value is -1.32. The molecule has 1 N–H and O–H groups in total. The molecule has 1 aromatic carbocycles. The Bertz CT molecular complexity index is 534. The average Bonchev–Trinajstić information content (AvgIpc) is 2.75. The van der Waals surface area contributed by atoms with E-state index in [-0.39, 0.29) is 0 Å². The summed E-state index contributed by atoms with van der Waals surface area (Å²) in [7, 11) is 0. The number of halogens is 1. The lowest BCUT2D eigenvalue weighted by atomic mass is 10.1. The highest BCUT2D eigenvalue weighted by Crippen LogP contribution is 2.27. The number of rotatable bonds is 4. The summed E-state index contributed by atoms with van der Waals surface area (Å²) in [5, 5.41) is 3.96. The van der Waals surface area contributed by atoms with Crippen LogP contribution in [0.2, 0.25) is 5.02 Å². The van der Waals surface area contributed by atoms with E-state index in [4.69, 9.17) is 16.0 Å². The summed E-state index contributed by atoms with van der Waals surface area (Å²) in [6, 6.07) is 6.27. The molecule has 96 valence electrons. The summed E-state index contributed by atoms with van der Waals surface area (Å²) >= 11 is 6.19. The van der Waals surface area contributed by atoms with Crippen molar-refractivity contribution in [2.45, 2.75) is 33.4 Å². The van der Waals surface area contributed by atoms with E-state index in [0.29, 0.717) is 23.5 Å². The van der Waals surface area contributed by atoms with Crippen molar-refractivity contribution in [3.8, 4) is 11.5 Å². The van der Waals surface area contributed by atoms with Crippen LogP contribution >= 0.6 is 11.6 Å². The fraction of sp³-hybridized carbons (Fsp3) is 0.357. The molecule has 0 aliphatic heterocycles. The van der Waals surface area contributed by atoms with E-state index in [1.807, 2.05) is 25.1 Å². The highest BCUT2D eigenvalue weighted by molar-refractivity contribution is 6.33. The highest BCUT2D eigenvalue weighted by Gasteiger charge is 2.10. The molecule has 0 fully saturated rings. The van der Waals surface area contributed by atoms with Gasteiger partial charge in [-0.2, -0.15) is 0 Å². The topological polar surface area (TPSA) is 38.1 Å². The lowest BCUT2D eigenvalue weighted by Gasteiger charge is -2.04. The van der Waals surface area contributed by atoms with E-state index in [1.165, 1.54) is 0 Å². The van der Waals surface area contributed by atoms with Gasteiger partial charge in [-0.25, -0.2) is 4.98 Å². The zero-order valence-electron chi connectivity index (χ0n) is 10.8. The Morgan fingerprint density at radius 1 is 1.39 bits per heavy atom. The van der Waals surface area contributed by atoms with Crippen LogP contribution in [-0.4, -0.2) is 11.0 Å². The van der Waals surface area contributed by atoms with Crippen LogP contribution in [0.25, 0.3) is 11.5 Å². The fourth-order valence-electron chi connectivity index (χ4n) is 1.61. The van der Waals surface area contributed by atoms with Crippen LogP contribution in [0.5, 0.6) is 0 Å². The predicted molar refractivity (Wildman–Crippen MR) is 73.7 cm³/mol. The largest absolute Gasteiger partial charge is 0.444 e. The van der Waals surface area contributed by atoms with Crippen LogP contribution in [0.15, 0.2) is 28.9 Å². The van der Waals surface area contributed by atoms with Crippen molar-refractivity contribution in [3.05, 3.63) is 40.7 Å². The van der Waals surface area contributed by atoms with Crippen molar-refractivity contribution in [1.82, 2.24) is 10.3 Å². The molecule has 0 radical (unpaired) electrons. The lowest BCUT2D eigenvalue weighted by Crippen LogP contribution is -2.21. The third-order valence-electron chi connectivity index (χ3n) is 2.60. The van der Waals surface area contributed by atoms with E-state index < -0.39 is 0 Å². The zero-order chi connectivity index (χ0) is 13.1. The number of benzene rings is 1. The quantitative estimate of drug-likeness (QED) is 0.913. The SMILES string of the molecule is Cc1ccc(-c2nc(CNC(C)C)co2)c(Cl)c1. The molecule has 3 nitrogen and oxygen atoms in total. The first-order chi connectivity index (χ1) is 8.56. The van der Waals surface area contributed by atoms with Crippen molar-refractivity contribution < 1.29 is 4.42 Å². The molecular weight excluding hydrogens is 248 g/mol. The highest BCUT2D eigenvalue weighted by atomic mass is 35.5. The molecule has 0 atom stereocenters. The standard InChI is InChI=1S/C14H17ClN2O/c1-9(2)16-7-11-8-18-14(17-11)12-5-4-10(3)6-13(12)15/h4-6,8-9,16H,7H2,1-3H3. The van der Waals surface area contributed by atoms with E-state index in [2.05, 4.69) is 24.1 Å². The van der Waals surface area contributed by atoms with Gasteiger partial charge in [0.2, 0.25) is 5.89 Å². The summed E-state index contributed by atoms with van der Waals surface area (Å²) in [6.45, 7) is 6.89. The van der Waals surface area contributed by atoms with Gasteiger partial charge in [-0.15, -0.1) is 0 Å². The van der Waals surface area contributed by atoms with Crippen molar-refractivity contribution in [1.29, 1.82) is 0 Å². The van der Waals surface area contributed by atoms with E-state index in [1.54, 1.807) is 6.26 Å². The molecule has 2 aromatic rings. The Morgan fingerprint density at radius 2 is 2.17 bits per heavy atom. The molecule has 0 aliphatic carbocycles. The van der Waals surface area contributed by atoms with Crippen molar-refractivity contribution in [2.75, 3.05) is 0 Å². The Kier molecular flexibility index (Phi) is 4.04. The normalized spacial score (nSPS) is 11.2. The number of nitrogens with one attached hydrogen (secondary N) is 1. The molecule has 1 heterocycles. The molecule has 0 spiro atoms. The maximum atomic E-state index is 6.19. The Balaban J connectivity index is 2.18. The third-order valence-corrected chi connectivity index (χ3v) is 2.91. The van der Waals surface area contributed by atoms with Crippen molar-refractivity contribution in [3.63, 3.8) is 0 Å². The third kappa shape index (κ3) is 3.12. The number of nitrogens with zero attached hydrogens (tertiary/aromatic N) is 1. The van der Waals surface area contributed by atoms with Crippen LogP contribution in [0.1, 0.15) is 25.1 Å². The second-order valence-corrected chi connectivity index (χ2v) is 5.07. The molecule has 0 amide bonds. The van der Waals surface area contributed by atoms with Gasteiger partial charge in [0.25, 0.3) is 0 Å². The molecular formula is C14H17ClN2O. The molecule has 0 unspecified atom stereocenters. The average molecular weight is 265 g/mol. The molecule has 18 heavy (non-hydrogen) atoms. The predicted octanol–water partition coefficient (Wildman–Crippen LogP) is 3.80. The van der Waals surface area contributed by atoms with Crippen LogP contribution in [-0.2, 0) is 6.54 Å². The zero-order valence-corrected chi connectivity index (χ0v) is 11.6. The van der Waals surface area contributed by atoms with E-state index >= 15 is 0 Å². The first-order valence-corrected chi connectivity index (χ1v) is 6.38. The van der Waals surface area contributed by atoms with Crippen molar-refractivity contribution in [2.24, 2.45) is 0 Å². The molecule has 1 aromatic heterocycles. The molecule has 2 rings (SSSR count). The fourth-order valence-corrected chi connectivity index (χ4v) is 1.93. The monoisotopic (exact) mass is 264 g/mol. The van der Waals surface area contributed by atoms with E-state index in [0.717, 1.165) is 16.8 Å². The van der Waals surface area contributed by atoms with Crippen LogP contribution < -0.4 is 5.32 Å². The molecule has 0 bridgehead atoms. The Morgan fingerprint density at radius 3 is 2.83 bits per heavy atom. The van der Waals surface area contributed by atoms with Gasteiger partial charge in [-0.05, 0) is 24.6 Å². The van der Waals surface area contributed by atoms with Gasteiger partial charge in [0.15, 0.2) is 0 Å². The molecule has 4 heteroatoms. The maximum Gasteiger partial charge on any atom is 0.227 e. The van der Waals surface area contributed by atoms with Gasteiger partial charge in [-0.1, -0.05) is 31.5 Å². The van der Waals surface area contributed by atoms with Crippen molar-refractivity contribution >= 4 is 11.6 Å². The second-order valence-electron chi connectivity index (χ2n) is 4.66. The second kappa shape index (κ2) is 5.55. The maximum absolute atomic E-state index is 6.19. The van der Waals surface area contributed by atoms with E-state index in [9.17, 15) is 0 Å². The van der Waals surface area contributed by atoms with Gasteiger partial charge >= 0.3 is 0 Å². The summed E-state index contributed by atoms with van der Waals surface area (Å²) in [5.74, 6) is 0.570. The summed E-state index contributed by atoms with van der Waals surface area (Å²) in [5.41, 5.74) is 2.84. The number of aryl methyl sites for hydroxylation is 1. The minimum absolute atomic E-state index is 0.424. The first-order valence-electron chi connectivity index (χ1n) is 6.00. The number of hydrogen-bond donors (Lipinski definition) is 1. The minimum atomic E-state index is 0.424. The summed E-state index contributed by atoms with van der Waals surface area (Å²) < 4.78 is 5.47. The Labute approximate surface area is 112 Å². The summed E-state index contributed by atoms with van der Waals surface area (Å²) in [4.78, 5) is 4.43. The van der Waals surface area contributed by atoms with Gasteiger partial charge in [-0.3, -0.25) is 0 Å². The number of hydrogen-bond acceptors (Lipinski definition) is 3. The molecule has 0 saturated carbocycles. The van der Waals surface area contributed by atoms with Gasteiger partial charge in [0.1, 0.15) is 6.26 Å². The van der Waals surface area contributed by atoms with Gasteiger partial charge in [0, 0.05) is 12.6 Å². The molecule has 0 aliphatic rings. The summed E-state index contributed by atoms with van der Waals surface area (Å²) in [6.07, 6.45) is 1.67. The number of oxazole rings is 1. The van der Waals surface area contributed by atoms with Crippen LogP contribution in [0, 0.1) is 6.92 Å². The lowest BCUT2D eigenvalue weighted by molar-refractivity contribution is 0.560.